The van der Waals surface area contributed by atoms with E-state index in [2.05, 4.69) is 103 Å². The first-order valence-corrected chi connectivity index (χ1v) is 9.02. The Labute approximate surface area is 153 Å². The summed E-state index contributed by atoms with van der Waals surface area (Å²) in [5.41, 5.74) is 6.89. The predicted octanol–water partition coefficient (Wildman–Crippen LogP) is 6.11. The van der Waals surface area contributed by atoms with Gasteiger partial charge < -0.3 is 4.90 Å². The van der Waals surface area contributed by atoms with Crippen molar-refractivity contribution in [2.45, 2.75) is 26.2 Å². The molecule has 0 atom stereocenters. The van der Waals surface area contributed by atoms with Crippen LogP contribution in [0, 0.1) is 0 Å². The summed E-state index contributed by atoms with van der Waals surface area (Å²) in [6, 6.07) is 25.6. The van der Waals surface area contributed by atoms with Crippen LogP contribution >= 0.6 is 0 Å². The second-order valence-electron chi connectivity index (χ2n) is 7.83. The molecule has 1 aromatic heterocycles. The molecule has 3 heteroatoms. The highest BCUT2D eigenvalue weighted by Crippen LogP contribution is 2.47. The molecular formula is C23H21N3. The molecule has 0 radical (unpaired) electrons. The Morgan fingerprint density at radius 2 is 1.35 bits per heavy atom. The molecule has 0 fully saturated rings. The van der Waals surface area contributed by atoms with E-state index in [-0.39, 0.29) is 5.41 Å². The van der Waals surface area contributed by atoms with Crippen molar-refractivity contribution in [3.8, 4) is 5.69 Å². The number of aromatic nitrogens is 2. The van der Waals surface area contributed by atoms with Crippen molar-refractivity contribution in [2.24, 2.45) is 0 Å². The molecule has 0 amide bonds. The Hall–Kier alpha value is -3.07. The smallest absolute Gasteiger partial charge is 0.120 e. The molecule has 0 spiro atoms. The van der Waals surface area contributed by atoms with Gasteiger partial charge in [-0.25, -0.2) is 4.98 Å². The van der Waals surface area contributed by atoms with Crippen LogP contribution in [0.15, 0.2) is 72.8 Å². The number of hydrogen-bond donors (Lipinski definition) is 0. The zero-order valence-corrected chi connectivity index (χ0v) is 15.3. The fourth-order valence-corrected chi connectivity index (χ4v) is 3.85. The summed E-state index contributed by atoms with van der Waals surface area (Å²) < 4.78 is 2.35. The molecular weight excluding hydrogens is 318 g/mol. The highest BCUT2D eigenvalue weighted by molar-refractivity contribution is 6.01. The van der Waals surface area contributed by atoms with Gasteiger partial charge in [-0.15, -0.1) is 0 Å². The van der Waals surface area contributed by atoms with E-state index in [0.717, 1.165) is 17.0 Å². The van der Waals surface area contributed by atoms with Crippen LogP contribution in [0.2, 0.25) is 0 Å². The summed E-state index contributed by atoms with van der Waals surface area (Å²) in [4.78, 5) is 7.36. The van der Waals surface area contributed by atoms with E-state index < -0.39 is 0 Å². The van der Waals surface area contributed by atoms with E-state index >= 15 is 0 Å². The van der Waals surface area contributed by atoms with Crippen LogP contribution in [-0.2, 0) is 5.41 Å². The third kappa shape index (κ3) is 2.03. The Kier molecular flexibility index (Phi) is 3.05. The van der Waals surface area contributed by atoms with Crippen LogP contribution in [0.4, 0.5) is 17.1 Å². The number of benzene rings is 3. The van der Waals surface area contributed by atoms with Crippen molar-refractivity contribution < 1.29 is 0 Å². The number of para-hydroxylation sites is 4. The van der Waals surface area contributed by atoms with Crippen molar-refractivity contribution in [3.05, 3.63) is 78.6 Å². The zero-order chi connectivity index (χ0) is 17.9. The molecule has 5 rings (SSSR count). The van der Waals surface area contributed by atoms with Gasteiger partial charge in [-0.1, -0.05) is 57.2 Å². The molecule has 0 saturated heterocycles. The lowest BCUT2D eigenvalue weighted by Gasteiger charge is -2.34. The van der Waals surface area contributed by atoms with Gasteiger partial charge in [-0.2, -0.15) is 0 Å². The third-order valence-electron chi connectivity index (χ3n) is 4.94. The summed E-state index contributed by atoms with van der Waals surface area (Å²) >= 11 is 0. The maximum atomic E-state index is 5.02. The number of anilines is 3. The van der Waals surface area contributed by atoms with E-state index in [1.54, 1.807) is 0 Å². The van der Waals surface area contributed by atoms with Crippen LogP contribution < -0.4 is 4.90 Å². The predicted molar refractivity (Wildman–Crippen MR) is 108 cm³/mol. The monoisotopic (exact) mass is 339 g/mol. The third-order valence-corrected chi connectivity index (χ3v) is 4.94. The highest BCUT2D eigenvalue weighted by Gasteiger charge is 2.32. The molecule has 0 unspecified atom stereocenters. The molecule has 3 nitrogen and oxygen atoms in total. The topological polar surface area (TPSA) is 21.1 Å². The van der Waals surface area contributed by atoms with Gasteiger partial charge in [0.1, 0.15) is 5.82 Å². The molecule has 1 aliphatic rings. The number of fused-ring (bicyclic) bond motifs is 2. The maximum absolute atomic E-state index is 5.02. The van der Waals surface area contributed by atoms with Gasteiger partial charge in [0, 0.05) is 11.1 Å². The average Bonchev–Trinajstić information content (AvgIpc) is 3.05. The fraction of sp³-hybridized carbons (Fsp3) is 0.174. The molecule has 1 aliphatic heterocycles. The van der Waals surface area contributed by atoms with Gasteiger partial charge >= 0.3 is 0 Å². The largest absolute Gasteiger partial charge is 0.306 e. The SMILES string of the molecule is CC(C)(C)c1nc2cccc3c2n1-c1ccccc1N3c1ccccc1. The van der Waals surface area contributed by atoms with Crippen LogP contribution in [0.25, 0.3) is 16.7 Å². The van der Waals surface area contributed by atoms with E-state index in [1.165, 1.54) is 22.6 Å². The van der Waals surface area contributed by atoms with Gasteiger partial charge in [0.15, 0.2) is 0 Å². The summed E-state index contributed by atoms with van der Waals surface area (Å²) in [5.74, 6) is 1.10. The lowest BCUT2D eigenvalue weighted by Crippen LogP contribution is -2.23. The summed E-state index contributed by atoms with van der Waals surface area (Å²) in [6.07, 6.45) is 0. The van der Waals surface area contributed by atoms with E-state index in [9.17, 15) is 0 Å². The van der Waals surface area contributed by atoms with Crippen LogP contribution in [0.1, 0.15) is 26.6 Å². The van der Waals surface area contributed by atoms with Gasteiger partial charge in [0.2, 0.25) is 0 Å². The minimum atomic E-state index is -0.0433. The molecule has 0 aliphatic carbocycles. The van der Waals surface area contributed by atoms with Crippen molar-refractivity contribution in [2.75, 3.05) is 4.90 Å². The molecule has 0 N–H and O–H groups in total. The van der Waals surface area contributed by atoms with E-state index in [4.69, 9.17) is 4.98 Å². The normalized spacial score (nSPS) is 13.1. The molecule has 128 valence electrons. The van der Waals surface area contributed by atoms with E-state index in [0.29, 0.717) is 0 Å². The number of rotatable bonds is 1. The Morgan fingerprint density at radius 3 is 2.08 bits per heavy atom. The first kappa shape index (κ1) is 15.2. The maximum Gasteiger partial charge on any atom is 0.120 e. The number of nitrogens with zero attached hydrogens (tertiary/aromatic N) is 3. The van der Waals surface area contributed by atoms with Gasteiger partial charge in [-0.3, -0.25) is 4.57 Å². The lowest BCUT2D eigenvalue weighted by molar-refractivity contribution is 0.539. The Bertz CT molecular complexity index is 1120. The van der Waals surface area contributed by atoms with Crippen molar-refractivity contribution in [1.82, 2.24) is 9.55 Å². The standard InChI is InChI=1S/C23H21N3/c1-23(2,3)22-24-17-12-9-15-20-21(17)26(22)19-14-8-7-13-18(19)25(20)16-10-5-4-6-11-16/h4-15H,1-3H3. The van der Waals surface area contributed by atoms with Gasteiger partial charge in [0.25, 0.3) is 0 Å². The second kappa shape index (κ2) is 5.21. The summed E-state index contributed by atoms with van der Waals surface area (Å²) in [7, 11) is 0. The Morgan fingerprint density at radius 1 is 0.692 bits per heavy atom. The van der Waals surface area contributed by atoms with Gasteiger partial charge in [0.05, 0.1) is 28.1 Å². The minimum absolute atomic E-state index is 0.0433. The van der Waals surface area contributed by atoms with Crippen molar-refractivity contribution in [3.63, 3.8) is 0 Å². The first-order chi connectivity index (χ1) is 12.6. The molecule has 0 bridgehead atoms. The molecule has 4 aromatic rings. The van der Waals surface area contributed by atoms with Crippen LogP contribution in [0.3, 0.4) is 0 Å². The molecule has 2 heterocycles. The van der Waals surface area contributed by atoms with Crippen LogP contribution in [0.5, 0.6) is 0 Å². The minimum Gasteiger partial charge on any atom is -0.306 e. The average molecular weight is 339 g/mol. The quantitative estimate of drug-likeness (QED) is 0.367. The second-order valence-corrected chi connectivity index (χ2v) is 7.83. The highest BCUT2D eigenvalue weighted by atomic mass is 15.2. The summed E-state index contributed by atoms with van der Waals surface area (Å²) in [5, 5.41) is 0. The Balaban J connectivity index is 1.94. The van der Waals surface area contributed by atoms with Crippen molar-refractivity contribution >= 4 is 28.1 Å². The number of imidazole rings is 1. The first-order valence-electron chi connectivity index (χ1n) is 9.02. The summed E-state index contributed by atoms with van der Waals surface area (Å²) in [6.45, 7) is 6.68. The zero-order valence-electron chi connectivity index (χ0n) is 15.3. The van der Waals surface area contributed by atoms with Gasteiger partial charge in [-0.05, 0) is 36.4 Å². The van der Waals surface area contributed by atoms with Crippen LogP contribution in [-0.4, -0.2) is 9.55 Å². The fourth-order valence-electron chi connectivity index (χ4n) is 3.85. The van der Waals surface area contributed by atoms with E-state index in [1.807, 2.05) is 0 Å². The molecule has 26 heavy (non-hydrogen) atoms. The lowest BCUT2D eigenvalue weighted by atomic mass is 9.95. The molecule has 3 aromatic carbocycles. The molecule has 0 saturated carbocycles. The van der Waals surface area contributed by atoms with Crippen molar-refractivity contribution in [1.29, 1.82) is 0 Å². The number of hydrogen-bond acceptors (Lipinski definition) is 2.